The summed E-state index contributed by atoms with van der Waals surface area (Å²) in [5.74, 6) is -1.01. The van der Waals surface area contributed by atoms with Crippen LogP contribution in [0.4, 0.5) is 4.39 Å². The number of hydrogen-bond donors (Lipinski definition) is 0. The van der Waals surface area contributed by atoms with Crippen molar-refractivity contribution in [2.45, 2.75) is 13.8 Å². The number of esters is 2. The van der Waals surface area contributed by atoms with Gasteiger partial charge in [-0.3, -0.25) is 4.79 Å². The molecule has 6 nitrogen and oxygen atoms in total. The molecule has 144 valence electrons. The fraction of sp³-hybridized carbons (Fsp3) is 0.190. The molecule has 0 unspecified atom stereocenters. The Hall–Kier alpha value is -3.48. The number of halogens is 1. The van der Waals surface area contributed by atoms with Gasteiger partial charge in [0.25, 0.3) is 0 Å². The van der Waals surface area contributed by atoms with E-state index in [0.717, 1.165) is 0 Å². The van der Waals surface area contributed by atoms with Crippen molar-refractivity contribution >= 4 is 23.9 Å². The van der Waals surface area contributed by atoms with Gasteiger partial charge in [-0.15, -0.1) is 0 Å². The molecule has 0 aromatic heterocycles. The van der Waals surface area contributed by atoms with Crippen LogP contribution in [0.2, 0.25) is 0 Å². The van der Waals surface area contributed by atoms with Gasteiger partial charge >= 0.3 is 11.9 Å². The molecule has 0 saturated carbocycles. The van der Waals surface area contributed by atoms with Gasteiger partial charge in [-0.25, -0.2) is 14.2 Å². The summed E-state index contributed by atoms with van der Waals surface area (Å²) in [7, 11) is 1.47. The average molecular weight is 383 g/mol. The molecule has 0 spiro atoms. The van der Waals surface area contributed by atoms with Gasteiger partial charge in [0.15, 0.2) is 17.2 Å². The van der Waals surface area contributed by atoms with E-state index in [1.54, 1.807) is 32.0 Å². The summed E-state index contributed by atoms with van der Waals surface area (Å²) >= 11 is 0. The van der Waals surface area contributed by atoms with Crippen LogP contribution >= 0.6 is 0 Å². The molecule has 2 aromatic rings. The summed E-state index contributed by atoms with van der Waals surface area (Å²) in [6.07, 6.45) is 1.50. The average Bonchev–Trinajstić information content (AvgIpc) is 3.03. The van der Waals surface area contributed by atoms with Crippen molar-refractivity contribution in [3.05, 3.63) is 65.1 Å². The summed E-state index contributed by atoms with van der Waals surface area (Å²) in [4.78, 5) is 28.2. The third-order valence-corrected chi connectivity index (χ3v) is 3.88. The number of hydrogen-bond acceptors (Lipinski definition) is 6. The molecule has 0 amide bonds. The minimum absolute atomic E-state index is 0.0747. The standard InChI is InChI=1S/C21H18FNO5/c1-12(2)20(24)27-18-11-13(4-9-17(18)26-3)10-16-21(25)28-19(23-16)14-5-7-15(22)8-6-14/h4-12H,1-3H3/b16-10-. The number of nitrogens with zero attached hydrogens (tertiary/aromatic N) is 1. The Bertz CT molecular complexity index is 977. The molecule has 0 aliphatic carbocycles. The molecule has 0 saturated heterocycles. The highest BCUT2D eigenvalue weighted by Crippen LogP contribution is 2.30. The highest BCUT2D eigenvalue weighted by atomic mass is 19.1. The van der Waals surface area contributed by atoms with Crippen molar-refractivity contribution in [1.82, 2.24) is 0 Å². The Kier molecular flexibility index (Phi) is 5.54. The lowest BCUT2D eigenvalue weighted by molar-refractivity contribution is -0.137. The maximum atomic E-state index is 13.0. The lowest BCUT2D eigenvalue weighted by Gasteiger charge is -2.11. The van der Waals surface area contributed by atoms with E-state index in [1.165, 1.54) is 37.5 Å². The van der Waals surface area contributed by atoms with Gasteiger partial charge in [-0.2, -0.15) is 0 Å². The summed E-state index contributed by atoms with van der Waals surface area (Å²) in [5, 5.41) is 0. The van der Waals surface area contributed by atoms with Crippen molar-refractivity contribution in [1.29, 1.82) is 0 Å². The molecule has 7 heteroatoms. The lowest BCUT2D eigenvalue weighted by atomic mass is 10.1. The van der Waals surface area contributed by atoms with Gasteiger partial charge in [-0.05, 0) is 48.0 Å². The predicted molar refractivity (Wildman–Crippen MR) is 100 cm³/mol. The SMILES string of the molecule is COc1ccc(/C=C2\N=C(c3ccc(F)cc3)OC2=O)cc1OC(=O)C(C)C. The minimum Gasteiger partial charge on any atom is -0.493 e. The van der Waals surface area contributed by atoms with Gasteiger partial charge in [0, 0.05) is 5.56 Å². The summed E-state index contributed by atoms with van der Waals surface area (Å²) in [6.45, 7) is 3.45. The maximum Gasteiger partial charge on any atom is 0.363 e. The zero-order valence-electron chi connectivity index (χ0n) is 15.6. The van der Waals surface area contributed by atoms with Crippen LogP contribution < -0.4 is 9.47 Å². The zero-order chi connectivity index (χ0) is 20.3. The molecule has 1 aliphatic heterocycles. The van der Waals surface area contributed by atoms with Gasteiger partial charge in [0.1, 0.15) is 5.82 Å². The Morgan fingerprint density at radius 3 is 2.50 bits per heavy atom. The maximum absolute atomic E-state index is 13.0. The van der Waals surface area contributed by atoms with E-state index < -0.39 is 17.8 Å². The second kappa shape index (κ2) is 8.04. The van der Waals surface area contributed by atoms with Crippen molar-refractivity contribution in [3.8, 4) is 11.5 Å². The van der Waals surface area contributed by atoms with Crippen LogP contribution in [0.1, 0.15) is 25.0 Å². The first-order valence-corrected chi connectivity index (χ1v) is 8.55. The predicted octanol–water partition coefficient (Wildman–Crippen LogP) is 3.74. The first kappa shape index (κ1) is 19.3. The zero-order valence-corrected chi connectivity index (χ0v) is 15.6. The smallest absolute Gasteiger partial charge is 0.363 e. The van der Waals surface area contributed by atoms with Gasteiger partial charge < -0.3 is 14.2 Å². The molecule has 28 heavy (non-hydrogen) atoms. The van der Waals surface area contributed by atoms with Gasteiger partial charge in [0.05, 0.1) is 13.0 Å². The second-order valence-electron chi connectivity index (χ2n) is 6.33. The summed E-state index contributed by atoms with van der Waals surface area (Å²) < 4.78 is 28.8. The molecule has 0 atom stereocenters. The summed E-state index contributed by atoms with van der Waals surface area (Å²) in [5.41, 5.74) is 1.13. The van der Waals surface area contributed by atoms with E-state index >= 15 is 0 Å². The Labute approximate surface area is 161 Å². The largest absolute Gasteiger partial charge is 0.493 e. The molecule has 1 heterocycles. The summed E-state index contributed by atoms with van der Waals surface area (Å²) in [6, 6.07) is 10.4. The van der Waals surface area contributed by atoms with E-state index in [4.69, 9.17) is 14.2 Å². The van der Waals surface area contributed by atoms with E-state index in [9.17, 15) is 14.0 Å². The van der Waals surface area contributed by atoms with Crippen LogP contribution in [0.25, 0.3) is 6.08 Å². The number of benzene rings is 2. The molecular formula is C21H18FNO5. The normalized spacial score (nSPS) is 14.8. The molecule has 0 bridgehead atoms. The number of carbonyl (C=O) groups is 2. The van der Waals surface area contributed by atoms with Crippen LogP contribution in [0.5, 0.6) is 11.5 Å². The van der Waals surface area contributed by atoms with E-state index in [-0.39, 0.29) is 23.3 Å². The van der Waals surface area contributed by atoms with Crippen LogP contribution in [0.15, 0.2) is 53.2 Å². The number of rotatable bonds is 5. The molecule has 0 fully saturated rings. The highest BCUT2D eigenvalue weighted by molar-refractivity contribution is 6.12. The van der Waals surface area contributed by atoms with Crippen LogP contribution in [-0.4, -0.2) is 24.9 Å². The van der Waals surface area contributed by atoms with Crippen molar-refractivity contribution in [2.24, 2.45) is 10.9 Å². The molecule has 0 N–H and O–H groups in total. The molecule has 1 aliphatic rings. The quantitative estimate of drug-likeness (QED) is 0.447. The molecule has 2 aromatic carbocycles. The third kappa shape index (κ3) is 4.25. The monoisotopic (exact) mass is 383 g/mol. The molecule has 0 radical (unpaired) electrons. The van der Waals surface area contributed by atoms with Crippen molar-refractivity contribution in [3.63, 3.8) is 0 Å². The van der Waals surface area contributed by atoms with Crippen molar-refractivity contribution in [2.75, 3.05) is 7.11 Å². The van der Waals surface area contributed by atoms with Crippen LogP contribution in [0, 0.1) is 11.7 Å². The van der Waals surface area contributed by atoms with E-state index in [2.05, 4.69) is 4.99 Å². The first-order chi connectivity index (χ1) is 13.4. The minimum atomic E-state index is -0.629. The van der Waals surface area contributed by atoms with E-state index in [0.29, 0.717) is 16.9 Å². The lowest BCUT2D eigenvalue weighted by Crippen LogP contribution is -2.15. The van der Waals surface area contributed by atoms with Crippen LogP contribution in [0.3, 0.4) is 0 Å². The Morgan fingerprint density at radius 1 is 1.14 bits per heavy atom. The van der Waals surface area contributed by atoms with Crippen LogP contribution in [-0.2, 0) is 14.3 Å². The van der Waals surface area contributed by atoms with Gasteiger partial charge in [0.2, 0.25) is 5.90 Å². The molecular weight excluding hydrogens is 365 g/mol. The fourth-order valence-electron chi connectivity index (χ4n) is 2.37. The Balaban J connectivity index is 1.90. The first-order valence-electron chi connectivity index (χ1n) is 8.55. The third-order valence-electron chi connectivity index (χ3n) is 3.88. The van der Waals surface area contributed by atoms with Gasteiger partial charge in [-0.1, -0.05) is 19.9 Å². The number of aliphatic imine (C=N–C) groups is 1. The van der Waals surface area contributed by atoms with E-state index in [1.807, 2.05) is 0 Å². The highest BCUT2D eigenvalue weighted by Gasteiger charge is 2.24. The number of cyclic esters (lactones) is 1. The second-order valence-corrected chi connectivity index (χ2v) is 6.33. The Morgan fingerprint density at radius 2 is 1.86 bits per heavy atom. The number of carbonyl (C=O) groups excluding carboxylic acids is 2. The number of ether oxygens (including phenoxy) is 3. The topological polar surface area (TPSA) is 74.2 Å². The fourth-order valence-corrected chi connectivity index (χ4v) is 2.37. The van der Waals surface area contributed by atoms with Crippen molar-refractivity contribution < 1.29 is 28.2 Å². The molecule has 3 rings (SSSR count). The number of methoxy groups -OCH3 is 1.